The molecule has 1 unspecified atom stereocenters. The zero-order chi connectivity index (χ0) is 13.2. The molecule has 4 heteroatoms. The van der Waals surface area contributed by atoms with Crippen LogP contribution in [-0.4, -0.2) is 29.1 Å². The fraction of sp³-hybridized carbons (Fsp3) is 0.562. The number of carboxylic acid groups (broad SMARTS) is 1. The molecule has 1 saturated heterocycles. The number of rotatable bonds is 2. The lowest BCUT2D eigenvalue weighted by molar-refractivity contribution is -0.143. The molecule has 0 radical (unpaired) electrons. The van der Waals surface area contributed by atoms with E-state index >= 15 is 0 Å². The molecule has 2 aliphatic rings. The number of likely N-dealkylation sites (tertiary alicyclic amines) is 1. The van der Waals surface area contributed by atoms with Crippen molar-refractivity contribution >= 4 is 18.4 Å². The molecule has 1 aromatic carbocycles. The van der Waals surface area contributed by atoms with Crippen molar-refractivity contribution in [3.05, 3.63) is 35.4 Å². The van der Waals surface area contributed by atoms with Crippen LogP contribution >= 0.6 is 12.4 Å². The second-order valence-electron chi connectivity index (χ2n) is 5.76. The first kappa shape index (κ1) is 15.3. The molecule has 0 spiro atoms. The van der Waals surface area contributed by atoms with Crippen molar-refractivity contribution in [1.82, 2.24) is 4.90 Å². The maximum atomic E-state index is 11.0. The zero-order valence-electron chi connectivity index (χ0n) is 11.6. The van der Waals surface area contributed by atoms with Gasteiger partial charge in [-0.2, -0.15) is 0 Å². The van der Waals surface area contributed by atoms with Gasteiger partial charge < -0.3 is 5.11 Å². The lowest BCUT2D eigenvalue weighted by Gasteiger charge is -2.39. The molecule has 1 heterocycles. The van der Waals surface area contributed by atoms with E-state index in [2.05, 4.69) is 29.2 Å². The number of halogens is 1. The van der Waals surface area contributed by atoms with Gasteiger partial charge in [0.2, 0.25) is 0 Å². The Morgan fingerprint density at radius 2 is 1.85 bits per heavy atom. The second-order valence-corrected chi connectivity index (χ2v) is 5.76. The Balaban J connectivity index is 0.00000147. The van der Waals surface area contributed by atoms with Crippen LogP contribution in [0.15, 0.2) is 24.3 Å². The Kier molecular flexibility index (Phi) is 5.06. The van der Waals surface area contributed by atoms with Gasteiger partial charge in [0.25, 0.3) is 0 Å². The fourth-order valence-corrected chi connectivity index (χ4v) is 3.57. The molecule has 0 saturated carbocycles. The van der Waals surface area contributed by atoms with Crippen LogP contribution in [0.3, 0.4) is 0 Å². The van der Waals surface area contributed by atoms with Crippen LogP contribution < -0.4 is 0 Å². The quantitative estimate of drug-likeness (QED) is 0.910. The van der Waals surface area contributed by atoms with E-state index in [1.165, 1.54) is 30.4 Å². The summed E-state index contributed by atoms with van der Waals surface area (Å²) in [4.78, 5) is 13.5. The van der Waals surface area contributed by atoms with Gasteiger partial charge >= 0.3 is 5.97 Å². The van der Waals surface area contributed by atoms with Crippen molar-refractivity contribution in [2.24, 2.45) is 5.92 Å². The molecule has 0 amide bonds. The predicted molar refractivity (Wildman–Crippen MR) is 81.3 cm³/mol. The number of piperidine rings is 1. The van der Waals surface area contributed by atoms with E-state index in [9.17, 15) is 4.79 Å². The lowest BCUT2D eigenvalue weighted by atomic mass is 9.85. The topological polar surface area (TPSA) is 40.5 Å². The van der Waals surface area contributed by atoms with Crippen LogP contribution in [0, 0.1) is 5.92 Å². The highest BCUT2D eigenvalue weighted by Gasteiger charge is 2.31. The van der Waals surface area contributed by atoms with E-state index in [0.717, 1.165) is 25.9 Å². The number of carbonyl (C=O) groups is 1. The van der Waals surface area contributed by atoms with Gasteiger partial charge in [-0.1, -0.05) is 24.3 Å². The van der Waals surface area contributed by atoms with Crippen molar-refractivity contribution in [1.29, 1.82) is 0 Å². The fourth-order valence-electron chi connectivity index (χ4n) is 3.57. The predicted octanol–water partition coefficient (Wildman–Crippen LogP) is 3.28. The van der Waals surface area contributed by atoms with Crippen molar-refractivity contribution in [2.45, 2.75) is 38.1 Å². The highest BCUT2D eigenvalue weighted by molar-refractivity contribution is 5.85. The van der Waals surface area contributed by atoms with Crippen LogP contribution in [0.25, 0.3) is 0 Å². The molecule has 1 N–H and O–H groups in total. The van der Waals surface area contributed by atoms with Crippen LogP contribution in [0.4, 0.5) is 0 Å². The van der Waals surface area contributed by atoms with Gasteiger partial charge in [0.15, 0.2) is 0 Å². The molecule has 1 aromatic rings. The number of hydrogen-bond donors (Lipinski definition) is 1. The summed E-state index contributed by atoms with van der Waals surface area (Å²) in [6.45, 7) is 1.85. The smallest absolute Gasteiger partial charge is 0.306 e. The summed E-state index contributed by atoms with van der Waals surface area (Å²) in [7, 11) is 0. The van der Waals surface area contributed by atoms with Crippen molar-refractivity contribution in [3.63, 3.8) is 0 Å². The van der Waals surface area contributed by atoms with E-state index < -0.39 is 5.97 Å². The number of aryl methyl sites for hydroxylation is 1. The van der Waals surface area contributed by atoms with Crippen LogP contribution in [0.5, 0.6) is 0 Å². The Bertz CT molecular complexity index is 469. The number of carboxylic acids is 1. The monoisotopic (exact) mass is 295 g/mol. The highest BCUT2D eigenvalue weighted by atomic mass is 35.5. The molecule has 110 valence electrons. The number of benzene rings is 1. The van der Waals surface area contributed by atoms with Gasteiger partial charge in [-0.05, 0) is 56.3 Å². The molecule has 1 fully saturated rings. The Morgan fingerprint density at radius 1 is 1.15 bits per heavy atom. The maximum absolute atomic E-state index is 11.0. The second kappa shape index (κ2) is 6.59. The summed E-state index contributed by atoms with van der Waals surface area (Å²) < 4.78 is 0. The van der Waals surface area contributed by atoms with E-state index in [4.69, 9.17) is 5.11 Å². The van der Waals surface area contributed by atoms with Crippen molar-refractivity contribution < 1.29 is 9.90 Å². The Morgan fingerprint density at radius 3 is 2.55 bits per heavy atom. The van der Waals surface area contributed by atoms with Gasteiger partial charge in [0.1, 0.15) is 0 Å². The SMILES string of the molecule is Cl.O=C(O)C1CCN(C2CCCc3ccccc32)CC1. The third kappa shape index (κ3) is 2.99. The van der Waals surface area contributed by atoms with Crippen LogP contribution in [0.2, 0.25) is 0 Å². The average molecular weight is 296 g/mol. The molecule has 0 bridgehead atoms. The summed E-state index contributed by atoms with van der Waals surface area (Å²) in [5.41, 5.74) is 2.96. The number of hydrogen-bond acceptors (Lipinski definition) is 2. The van der Waals surface area contributed by atoms with Crippen molar-refractivity contribution in [2.75, 3.05) is 13.1 Å². The standard InChI is InChI=1S/C16H21NO2.ClH/c18-16(19)13-8-10-17(11-9-13)15-7-3-5-12-4-1-2-6-14(12)15;/h1-2,4,6,13,15H,3,5,7-11H2,(H,18,19);1H. The highest BCUT2D eigenvalue weighted by Crippen LogP contribution is 2.36. The van der Waals surface area contributed by atoms with E-state index in [0.29, 0.717) is 6.04 Å². The number of nitrogens with zero attached hydrogens (tertiary/aromatic N) is 1. The first-order valence-corrected chi connectivity index (χ1v) is 7.30. The van der Waals surface area contributed by atoms with Crippen LogP contribution in [-0.2, 0) is 11.2 Å². The Labute approximate surface area is 126 Å². The van der Waals surface area contributed by atoms with Gasteiger partial charge in [0, 0.05) is 6.04 Å². The Hall–Kier alpha value is -1.06. The van der Waals surface area contributed by atoms with Gasteiger partial charge in [-0.15, -0.1) is 12.4 Å². The van der Waals surface area contributed by atoms with Gasteiger partial charge in [-0.3, -0.25) is 9.69 Å². The first-order chi connectivity index (χ1) is 9.25. The number of fused-ring (bicyclic) bond motifs is 1. The number of aliphatic carboxylic acids is 1. The van der Waals surface area contributed by atoms with E-state index in [1.807, 2.05) is 0 Å². The summed E-state index contributed by atoms with van der Waals surface area (Å²) in [6.07, 6.45) is 5.26. The maximum Gasteiger partial charge on any atom is 0.306 e. The third-order valence-electron chi connectivity index (χ3n) is 4.66. The van der Waals surface area contributed by atoms with E-state index in [-0.39, 0.29) is 18.3 Å². The molecule has 3 nitrogen and oxygen atoms in total. The summed E-state index contributed by atoms with van der Waals surface area (Å²) in [5.74, 6) is -0.751. The summed E-state index contributed by atoms with van der Waals surface area (Å²) in [6, 6.07) is 9.26. The molecule has 1 aliphatic carbocycles. The average Bonchev–Trinajstić information content (AvgIpc) is 2.47. The minimum atomic E-state index is -0.622. The van der Waals surface area contributed by atoms with Gasteiger partial charge in [0.05, 0.1) is 5.92 Å². The molecule has 1 atom stereocenters. The first-order valence-electron chi connectivity index (χ1n) is 7.30. The molecule has 0 aromatic heterocycles. The van der Waals surface area contributed by atoms with Gasteiger partial charge in [-0.25, -0.2) is 0 Å². The lowest BCUT2D eigenvalue weighted by Crippen LogP contribution is -2.39. The molecular formula is C16H22ClNO2. The minimum absolute atomic E-state index is 0. The summed E-state index contributed by atoms with van der Waals surface area (Å²) >= 11 is 0. The summed E-state index contributed by atoms with van der Waals surface area (Å²) in [5, 5.41) is 9.07. The molecule has 20 heavy (non-hydrogen) atoms. The largest absolute Gasteiger partial charge is 0.481 e. The third-order valence-corrected chi connectivity index (χ3v) is 4.66. The molecule has 1 aliphatic heterocycles. The van der Waals surface area contributed by atoms with Crippen molar-refractivity contribution in [3.8, 4) is 0 Å². The van der Waals surface area contributed by atoms with E-state index in [1.54, 1.807) is 0 Å². The minimum Gasteiger partial charge on any atom is -0.481 e. The zero-order valence-corrected chi connectivity index (χ0v) is 12.4. The molecule has 3 rings (SSSR count). The molecular weight excluding hydrogens is 274 g/mol. The van der Waals surface area contributed by atoms with Crippen LogP contribution in [0.1, 0.15) is 42.9 Å². The normalized spacial score (nSPS) is 23.7.